The Kier molecular flexibility index (Phi) is 4.52. The minimum Gasteiger partial charge on any atom is -0.465 e. The van der Waals surface area contributed by atoms with Crippen molar-refractivity contribution in [3.63, 3.8) is 0 Å². The summed E-state index contributed by atoms with van der Waals surface area (Å²) in [5, 5.41) is 16.7. The fourth-order valence-electron chi connectivity index (χ4n) is 3.11. The second-order valence-corrected chi connectivity index (χ2v) is 6.54. The van der Waals surface area contributed by atoms with Crippen LogP contribution in [0.4, 0.5) is 10.5 Å². The molecule has 1 amide bonds. The smallest absolute Gasteiger partial charge is 0.409 e. The number of ketones is 1. The summed E-state index contributed by atoms with van der Waals surface area (Å²) in [6, 6.07) is 14.3. The van der Waals surface area contributed by atoms with E-state index < -0.39 is 6.09 Å². The van der Waals surface area contributed by atoms with Gasteiger partial charge >= 0.3 is 6.09 Å². The minimum absolute atomic E-state index is 0.147. The van der Waals surface area contributed by atoms with Crippen molar-refractivity contribution in [1.29, 1.82) is 0 Å². The van der Waals surface area contributed by atoms with Crippen molar-refractivity contribution in [2.45, 2.75) is 13.8 Å². The predicted molar refractivity (Wildman–Crippen MR) is 108 cm³/mol. The van der Waals surface area contributed by atoms with Crippen LogP contribution in [0.25, 0.3) is 28.0 Å². The number of hydrogen-bond acceptors (Lipinski definition) is 5. The second-order valence-electron chi connectivity index (χ2n) is 6.54. The molecule has 0 aliphatic heterocycles. The summed E-state index contributed by atoms with van der Waals surface area (Å²) in [4.78, 5) is 31.9. The highest BCUT2D eigenvalue weighted by molar-refractivity contribution is 6.01. The number of Topliss-reactive ketones (excluding diaryl/α,β-unsaturated/α-hetero) is 1. The molecule has 4 rings (SSSR count). The highest BCUT2D eigenvalue weighted by Gasteiger charge is 2.15. The molecule has 8 nitrogen and oxygen atoms in total. The summed E-state index contributed by atoms with van der Waals surface area (Å²) >= 11 is 0. The van der Waals surface area contributed by atoms with Crippen LogP contribution < -0.4 is 5.32 Å². The molecule has 1 aromatic carbocycles. The van der Waals surface area contributed by atoms with E-state index in [0.29, 0.717) is 39.4 Å². The molecule has 2 N–H and O–H groups in total. The number of anilines is 1. The molecule has 4 aromatic rings. The molecule has 0 unspecified atom stereocenters. The molecule has 0 spiro atoms. The summed E-state index contributed by atoms with van der Waals surface area (Å²) in [7, 11) is 0. The predicted octanol–water partition coefficient (Wildman–Crippen LogP) is 4.08. The number of fused-ring (bicyclic) bond motifs is 1. The Morgan fingerprint density at radius 1 is 1.07 bits per heavy atom. The number of nitrogens with zero attached hydrogens (tertiary/aromatic N) is 4. The van der Waals surface area contributed by atoms with E-state index in [1.54, 1.807) is 35.1 Å². The number of benzene rings is 1. The van der Waals surface area contributed by atoms with Crippen molar-refractivity contribution in [2.75, 3.05) is 5.32 Å². The summed E-state index contributed by atoms with van der Waals surface area (Å²) in [5.74, 6) is 0.467. The van der Waals surface area contributed by atoms with Crippen LogP contribution in [0.1, 0.15) is 23.1 Å². The Morgan fingerprint density at radius 2 is 1.86 bits per heavy atom. The highest BCUT2D eigenvalue weighted by atomic mass is 16.4. The molecular formula is C21H17N5O3. The van der Waals surface area contributed by atoms with Crippen LogP contribution in [0.3, 0.4) is 0 Å². The highest BCUT2D eigenvalue weighted by Crippen LogP contribution is 2.31. The van der Waals surface area contributed by atoms with Crippen LogP contribution in [-0.4, -0.2) is 36.7 Å². The lowest BCUT2D eigenvalue weighted by molar-refractivity contribution is 0.101. The van der Waals surface area contributed by atoms with Crippen molar-refractivity contribution in [1.82, 2.24) is 19.7 Å². The maximum atomic E-state index is 11.7. The number of nitrogens with one attached hydrogen (secondary N) is 1. The largest absolute Gasteiger partial charge is 0.465 e. The van der Waals surface area contributed by atoms with Gasteiger partial charge in [-0.1, -0.05) is 12.1 Å². The first kappa shape index (κ1) is 18.3. The second kappa shape index (κ2) is 7.16. The number of aromatic nitrogens is 4. The van der Waals surface area contributed by atoms with Crippen LogP contribution in [0.2, 0.25) is 0 Å². The first-order valence-electron chi connectivity index (χ1n) is 8.86. The van der Waals surface area contributed by atoms with E-state index in [2.05, 4.69) is 20.4 Å². The summed E-state index contributed by atoms with van der Waals surface area (Å²) in [6.45, 7) is 3.33. The van der Waals surface area contributed by atoms with Crippen molar-refractivity contribution < 1.29 is 14.7 Å². The quantitative estimate of drug-likeness (QED) is 0.511. The lowest BCUT2D eigenvalue weighted by Crippen LogP contribution is -2.08. The zero-order chi connectivity index (χ0) is 20.5. The molecule has 0 radical (unpaired) electrons. The van der Waals surface area contributed by atoms with Gasteiger partial charge in [0.15, 0.2) is 11.6 Å². The Bertz CT molecular complexity index is 1260. The van der Waals surface area contributed by atoms with Gasteiger partial charge in [0.1, 0.15) is 5.69 Å². The van der Waals surface area contributed by atoms with Gasteiger partial charge in [-0.3, -0.25) is 10.1 Å². The van der Waals surface area contributed by atoms with E-state index in [1.165, 1.54) is 6.92 Å². The summed E-state index contributed by atoms with van der Waals surface area (Å²) in [6.07, 6.45) is 0.406. The average Bonchev–Trinajstić information content (AvgIpc) is 3.12. The van der Waals surface area contributed by atoms with Gasteiger partial charge in [0.25, 0.3) is 0 Å². The number of hydrogen-bond donors (Lipinski definition) is 2. The molecule has 3 heterocycles. The van der Waals surface area contributed by atoms with Crippen molar-refractivity contribution in [3.05, 3.63) is 66.1 Å². The zero-order valence-corrected chi connectivity index (χ0v) is 15.7. The third kappa shape index (κ3) is 3.55. The third-order valence-corrected chi connectivity index (χ3v) is 4.43. The lowest BCUT2D eigenvalue weighted by Gasteiger charge is -2.10. The van der Waals surface area contributed by atoms with Gasteiger partial charge in [0.2, 0.25) is 0 Å². The molecule has 8 heteroatoms. The van der Waals surface area contributed by atoms with Gasteiger partial charge in [-0.05, 0) is 43.3 Å². The zero-order valence-electron chi connectivity index (χ0n) is 15.7. The van der Waals surface area contributed by atoms with Gasteiger partial charge < -0.3 is 5.11 Å². The van der Waals surface area contributed by atoms with Gasteiger partial charge in [0.05, 0.1) is 23.1 Å². The monoisotopic (exact) mass is 387 g/mol. The maximum absolute atomic E-state index is 11.7. The Hall–Kier alpha value is -4.07. The SMILES string of the molecule is CC(=O)c1cccc(-c2cc(NC(=O)O)c3cnn(-c4cccc(C)n4)c3c2)n1. The van der Waals surface area contributed by atoms with Crippen molar-refractivity contribution >= 4 is 28.5 Å². The number of aryl methyl sites for hydroxylation is 1. The molecule has 3 aromatic heterocycles. The first-order chi connectivity index (χ1) is 13.9. The van der Waals surface area contributed by atoms with Crippen molar-refractivity contribution in [2.24, 2.45) is 0 Å². The molecule has 0 saturated heterocycles. The number of carbonyl (C=O) groups is 2. The Balaban J connectivity index is 1.96. The molecule has 144 valence electrons. The van der Waals surface area contributed by atoms with Crippen LogP contribution in [0.5, 0.6) is 0 Å². The van der Waals surface area contributed by atoms with E-state index in [9.17, 15) is 14.7 Å². The van der Waals surface area contributed by atoms with Gasteiger partial charge in [0, 0.05) is 23.6 Å². The molecular weight excluding hydrogens is 370 g/mol. The van der Waals surface area contributed by atoms with Gasteiger partial charge in [-0.15, -0.1) is 0 Å². The van der Waals surface area contributed by atoms with Crippen LogP contribution >= 0.6 is 0 Å². The fourth-order valence-corrected chi connectivity index (χ4v) is 3.11. The van der Waals surface area contributed by atoms with E-state index in [4.69, 9.17) is 0 Å². The van der Waals surface area contributed by atoms with E-state index in [1.807, 2.05) is 31.2 Å². The molecule has 0 aliphatic rings. The molecule has 0 aliphatic carbocycles. The lowest BCUT2D eigenvalue weighted by atomic mass is 10.1. The topological polar surface area (TPSA) is 110 Å². The number of rotatable bonds is 4. The maximum Gasteiger partial charge on any atom is 0.409 e. The number of amides is 1. The number of carbonyl (C=O) groups excluding carboxylic acids is 1. The fraction of sp³-hybridized carbons (Fsp3) is 0.0952. The molecule has 0 atom stereocenters. The van der Waals surface area contributed by atoms with E-state index in [0.717, 1.165) is 5.69 Å². The van der Waals surface area contributed by atoms with Crippen LogP contribution in [0.15, 0.2) is 54.7 Å². The number of carboxylic acid groups (broad SMARTS) is 1. The van der Waals surface area contributed by atoms with E-state index in [-0.39, 0.29) is 5.78 Å². The Morgan fingerprint density at radius 3 is 2.59 bits per heavy atom. The molecule has 0 saturated carbocycles. The van der Waals surface area contributed by atoms with Gasteiger partial charge in [-0.2, -0.15) is 5.10 Å². The van der Waals surface area contributed by atoms with Crippen molar-refractivity contribution in [3.8, 4) is 17.1 Å². The average molecular weight is 387 g/mol. The molecule has 0 bridgehead atoms. The van der Waals surface area contributed by atoms with Crippen LogP contribution in [0, 0.1) is 6.92 Å². The standard InChI is InChI=1S/C21H17N5O3/c1-12-5-3-8-20(23-12)26-19-10-14(17-7-4-6-16(24-17)13(2)27)9-18(25-21(28)29)15(19)11-22-26/h3-11,25H,1-2H3,(H,28,29). The molecule has 29 heavy (non-hydrogen) atoms. The molecule has 0 fully saturated rings. The summed E-state index contributed by atoms with van der Waals surface area (Å²) in [5.41, 5.74) is 3.42. The Labute approximate surface area is 165 Å². The minimum atomic E-state index is -1.18. The third-order valence-electron chi connectivity index (χ3n) is 4.43. The van der Waals surface area contributed by atoms with Crippen LogP contribution in [-0.2, 0) is 0 Å². The normalized spacial score (nSPS) is 10.8. The first-order valence-corrected chi connectivity index (χ1v) is 8.86. The summed E-state index contributed by atoms with van der Waals surface area (Å²) < 4.78 is 1.65. The van der Waals surface area contributed by atoms with Gasteiger partial charge in [-0.25, -0.2) is 19.4 Å². The number of pyridine rings is 2. The van der Waals surface area contributed by atoms with E-state index >= 15 is 0 Å².